The largest absolute Gasteiger partial charge is 0.423 e. The zero-order chi connectivity index (χ0) is 18.6. The predicted octanol–water partition coefficient (Wildman–Crippen LogP) is 4.65. The molecule has 6 rings (SSSR count). The second-order valence-corrected chi connectivity index (χ2v) is 7.88. The average Bonchev–Trinajstić information content (AvgIpc) is 3.13. The van der Waals surface area contributed by atoms with Crippen LogP contribution in [-0.4, -0.2) is 28.3 Å². The highest BCUT2D eigenvalue weighted by molar-refractivity contribution is 5.74. The number of oxazole rings is 1. The van der Waals surface area contributed by atoms with Crippen LogP contribution in [0.3, 0.4) is 0 Å². The first kappa shape index (κ1) is 15.9. The van der Waals surface area contributed by atoms with Gasteiger partial charge in [0.2, 0.25) is 11.8 Å². The maximum atomic E-state index is 6.01. The second kappa shape index (κ2) is 5.92. The third-order valence-corrected chi connectivity index (χ3v) is 6.26. The van der Waals surface area contributed by atoms with E-state index in [-0.39, 0.29) is 0 Å². The number of anilines is 1. The first-order chi connectivity index (χ1) is 13.8. The van der Waals surface area contributed by atoms with Crippen LogP contribution in [0.25, 0.3) is 22.6 Å². The summed E-state index contributed by atoms with van der Waals surface area (Å²) in [6, 6.07) is 18.6. The van der Waals surface area contributed by atoms with Crippen molar-refractivity contribution in [1.82, 2.24) is 15.2 Å². The molecule has 4 aromatic rings. The van der Waals surface area contributed by atoms with E-state index < -0.39 is 0 Å². The van der Waals surface area contributed by atoms with Crippen LogP contribution in [0.1, 0.15) is 31.1 Å². The Morgan fingerprint density at radius 1 is 0.893 bits per heavy atom. The van der Waals surface area contributed by atoms with Gasteiger partial charge >= 0.3 is 0 Å². The zero-order valence-electron chi connectivity index (χ0n) is 15.4. The number of hydrogen-bond acceptors (Lipinski definition) is 6. The molecule has 0 N–H and O–H groups in total. The molecule has 1 aliphatic carbocycles. The van der Waals surface area contributed by atoms with E-state index >= 15 is 0 Å². The molecule has 140 valence electrons. The molecule has 0 bridgehead atoms. The predicted molar refractivity (Wildman–Crippen MR) is 105 cm³/mol. The first-order valence-electron chi connectivity index (χ1n) is 9.80. The lowest BCUT2D eigenvalue weighted by Crippen LogP contribution is -2.35. The van der Waals surface area contributed by atoms with Crippen molar-refractivity contribution in [3.05, 3.63) is 60.5 Å². The summed E-state index contributed by atoms with van der Waals surface area (Å²) < 4.78 is 11.9. The van der Waals surface area contributed by atoms with Gasteiger partial charge in [-0.3, -0.25) is 0 Å². The van der Waals surface area contributed by atoms with Crippen LogP contribution in [0, 0.1) is 5.41 Å². The van der Waals surface area contributed by atoms with Crippen LogP contribution in [-0.2, 0) is 0 Å². The van der Waals surface area contributed by atoms with Gasteiger partial charge in [-0.05, 0) is 48.9 Å². The molecule has 2 aromatic carbocycles. The monoisotopic (exact) mass is 372 g/mol. The fourth-order valence-corrected chi connectivity index (χ4v) is 4.46. The molecule has 2 fully saturated rings. The van der Waals surface area contributed by atoms with Gasteiger partial charge in [0.1, 0.15) is 5.52 Å². The topological polar surface area (TPSA) is 68.2 Å². The van der Waals surface area contributed by atoms with E-state index in [1.807, 2.05) is 54.6 Å². The highest BCUT2D eigenvalue weighted by Gasteiger charge is 2.58. The van der Waals surface area contributed by atoms with Gasteiger partial charge in [0.05, 0.1) is 0 Å². The SMILES string of the molecule is c1ccc(-c2nnc(C3CC34CCN(c3nc5ccccc5o3)CC4)o2)cc1. The Hall–Kier alpha value is -3.15. The van der Waals surface area contributed by atoms with E-state index in [1.165, 1.54) is 0 Å². The fourth-order valence-electron chi connectivity index (χ4n) is 4.46. The summed E-state index contributed by atoms with van der Waals surface area (Å²) in [5.74, 6) is 1.78. The van der Waals surface area contributed by atoms with Crippen molar-refractivity contribution < 1.29 is 8.83 Å². The number of piperidine rings is 1. The Kier molecular flexibility index (Phi) is 3.36. The van der Waals surface area contributed by atoms with Crippen molar-refractivity contribution in [3.63, 3.8) is 0 Å². The quantitative estimate of drug-likeness (QED) is 0.521. The Morgan fingerprint density at radius 2 is 1.68 bits per heavy atom. The van der Waals surface area contributed by atoms with Gasteiger partial charge in [-0.1, -0.05) is 30.3 Å². The zero-order valence-corrected chi connectivity index (χ0v) is 15.4. The van der Waals surface area contributed by atoms with Crippen molar-refractivity contribution in [2.75, 3.05) is 18.0 Å². The van der Waals surface area contributed by atoms with Gasteiger partial charge in [0.15, 0.2) is 5.58 Å². The lowest BCUT2D eigenvalue weighted by molar-refractivity contribution is 0.344. The number of para-hydroxylation sites is 2. The number of fused-ring (bicyclic) bond motifs is 1. The molecule has 1 saturated heterocycles. The minimum atomic E-state index is 0.295. The van der Waals surface area contributed by atoms with Crippen LogP contribution >= 0.6 is 0 Å². The van der Waals surface area contributed by atoms with Gasteiger partial charge in [-0.2, -0.15) is 4.98 Å². The minimum absolute atomic E-state index is 0.295. The lowest BCUT2D eigenvalue weighted by atomic mass is 9.91. The molecule has 1 aliphatic heterocycles. The number of nitrogens with zero attached hydrogens (tertiary/aromatic N) is 4. The van der Waals surface area contributed by atoms with Gasteiger partial charge in [-0.15, -0.1) is 10.2 Å². The highest BCUT2D eigenvalue weighted by atomic mass is 16.4. The van der Waals surface area contributed by atoms with Crippen molar-refractivity contribution in [2.45, 2.75) is 25.2 Å². The maximum absolute atomic E-state index is 6.01. The molecule has 1 atom stereocenters. The van der Waals surface area contributed by atoms with Crippen molar-refractivity contribution in [2.24, 2.45) is 5.41 Å². The van der Waals surface area contributed by atoms with E-state index in [9.17, 15) is 0 Å². The van der Waals surface area contributed by atoms with Gasteiger partial charge in [0, 0.05) is 24.6 Å². The molecule has 2 aliphatic rings. The van der Waals surface area contributed by atoms with Gasteiger partial charge in [0.25, 0.3) is 6.01 Å². The summed E-state index contributed by atoms with van der Waals surface area (Å²) in [6.07, 6.45) is 3.32. The molecule has 1 spiro atoms. The molecular formula is C22H20N4O2. The van der Waals surface area contributed by atoms with Gasteiger partial charge < -0.3 is 13.7 Å². The Morgan fingerprint density at radius 3 is 2.50 bits per heavy atom. The Labute approximate surface area is 162 Å². The summed E-state index contributed by atoms with van der Waals surface area (Å²) in [5.41, 5.74) is 3.03. The highest BCUT2D eigenvalue weighted by Crippen LogP contribution is 2.64. The second-order valence-electron chi connectivity index (χ2n) is 7.88. The smallest absolute Gasteiger partial charge is 0.298 e. The summed E-state index contributed by atoms with van der Waals surface area (Å²) >= 11 is 0. The van der Waals surface area contributed by atoms with Crippen LogP contribution in [0.15, 0.2) is 63.4 Å². The Bertz CT molecular complexity index is 1090. The molecule has 6 heteroatoms. The van der Waals surface area contributed by atoms with Crippen LogP contribution < -0.4 is 4.90 Å². The van der Waals surface area contributed by atoms with E-state index in [1.54, 1.807) is 0 Å². The third kappa shape index (κ3) is 2.52. The fraction of sp³-hybridized carbons (Fsp3) is 0.318. The normalized spacial score (nSPS) is 20.7. The summed E-state index contributed by atoms with van der Waals surface area (Å²) in [4.78, 5) is 6.89. The molecule has 3 heterocycles. The molecule has 0 radical (unpaired) electrons. The molecule has 0 amide bonds. The minimum Gasteiger partial charge on any atom is -0.423 e. The molecule has 2 aromatic heterocycles. The molecule has 6 nitrogen and oxygen atoms in total. The number of rotatable bonds is 3. The van der Waals surface area contributed by atoms with Crippen LogP contribution in [0.4, 0.5) is 6.01 Å². The van der Waals surface area contributed by atoms with Crippen molar-refractivity contribution in [1.29, 1.82) is 0 Å². The van der Waals surface area contributed by atoms with E-state index in [0.717, 1.165) is 60.9 Å². The van der Waals surface area contributed by atoms with Crippen molar-refractivity contribution in [3.8, 4) is 11.5 Å². The van der Waals surface area contributed by atoms with E-state index in [0.29, 0.717) is 17.2 Å². The number of hydrogen-bond donors (Lipinski definition) is 0. The lowest BCUT2D eigenvalue weighted by Gasteiger charge is -2.31. The average molecular weight is 372 g/mol. The molecule has 28 heavy (non-hydrogen) atoms. The molecular weight excluding hydrogens is 352 g/mol. The van der Waals surface area contributed by atoms with Crippen LogP contribution in [0.2, 0.25) is 0 Å². The number of benzene rings is 2. The van der Waals surface area contributed by atoms with Crippen LogP contribution in [0.5, 0.6) is 0 Å². The van der Waals surface area contributed by atoms with E-state index in [4.69, 9.17) is 8.83 Å². The van der Waals surface area contributed by atoms with Crippen molar-refractivity contribution >= 4 is 17.1 Å². The summed E-state index contributed by atoms with van der Waals surface area (Å²) in [5, 5.41) is 8.61. The van der Waals surface area contributed by atoms with E-state index in [2.05, 4.69) is 20.1 Å². The first-order valence-corrected chi connectivity index (χ1v) is 9.80. The summed E-state index contributed by atoms with van der Waals surface area (Å²) in [6.45, 7) is 1.89. The maximum Gasteiger partial charge on any atom is 0.298 e. The molecule has 1 unspecified atom stereocenters. The number of aromatic nitrogens is 3. The van der Waals surface area contributed by atoms with Gasteiger partial charge in [-0.25, -0.2) is 0 Å². The standard InChI is InChI=1S/C22H20N4O2/c1-2-6-15(7-3-1)19-24-25-20(28-19)16-14-22(16)10-12-26(13-11-22)21-23-17-8-4-5-9-18(17)27-21/h1-9,16H,10-14H2. The summed E-state index contributed by atoms with van der Waals surface area (Å²) in [7, 11) is 0. The third-order valence-electron chi connectivity index (χ3n) is 6.26. The molecule has 1 saturated carbocycles. The Balaban J connectivity index is 1.16.